The molecule has 0 aromatic carbocycles. The normalized spacial score (nSPS) is 12.4. The van der Waals surface area contributed by atoms with Crippen molar-refractivity contribution >= 4 is 0 Å². The minimum absolute atomic E-state index is 0.152. The van der Waals surface area contributed by atoms with Crippen LogP contribution in [0.5, 0.6) is 0 Å². The summed E-state index contributed by atoms with van der Waals surface area (Å²) in [5, 5.41) is 9.03. The Bertz CT molecular complexity index is 262. The standard InChI is InChI=1S/C18H36N2/c1-16(2)9-13-20(14-10-17(3)4)12-8-7-11-18(5,6)15-19/h16-17H,7-14H2,1-6H3. The summed E-state index contributed by atoms with van der Waals surface area (Å²) in [6.07, 6.45) is 6.00. The summed E-state index contributed by atoms with van der Waals surface area (Å²) in [6, 6.07) is 2.40. The maximum atomic E-state index is 9.03. The maximum absolute atomic E-state index is 9.03. The molecule has 0 rings (SSSR count). The van der Waals surface area contributed by atoms with Gasteiger partial charge in [0.05, 0.1) is 11.5 Å². The summed E-state index contributed by atoms with van der Waals surface area (Å²) < 4.78 is 0. The highest BCUT2D eigenvalue weighted by molar-refractivity contribution is 4.91. The SMILES string of the molecule is CC(C)CCN(CCCCC(C)(C)C#N)CCC(C)C. The molecule has 0 aliphatic carbocycles. The molecule has 118 valence electrons. The van der Waals surface area contributed by atoms with Crippen molar-refractivity contribution in [2.75, 3.05) is 19.6 Å². The average Bonchev–Trinajstić information content (AvgIpc) is 2.36. The van der Waals surface area contributed by atoms with Crippen molar-refractivity contribution in [3.8, 4) is 6.07 Å². The predicted octanol–water partition coefficient (Wildman–Crippen LogP) is 5.10. The summed E-state index contributed by atoms with van der Waals surface area (Å²) in [7, 11) is 0. The number of unbranched alkanes of at least 4 members (excludes halogenated alkanes) is 1. The van der Waals surface area contributed by atoms with E-state index in [1.165, 1.54) is 45.3 Å². The van der Waals surface area contributed by atoms with Crippen molar-refractivity contribution in [3.63, 3.8) is 0 Å². The zero-order valence-electron chi connectivity index (χ0n) is 14.7. The molecular formula is C18H36N2. The van der Waals surface area contributed by atoms with Gasteiger partial charge in [-0.25, -0.2) is 0 Å². The smallest absolute Gasteiger partial charge is 0.0683 e. The molecule has 0 radical (unpaired) electrons. The van der Waals surface area contributed by atoms with Gasteiger partial charge in [-0.15, -0.1) is 0 Å². The molecule has 0 aromatic heterocycles. The number of hydrogen-bond donors (Lipinski definition) is 0. The minimum Gasteiger partial charge on any atom is -0.303 e. The third-order valence-corrected chi connectivity index (χ3v) is 3.87. The Hall–Kier alpha value is -0.550. The molecule has 0 amide bonds. The van der Waals surface area contributed by atoms with Crippen LogP contribution in [0.4, 0.5) is 0 Å². The first kappa shape index (κ1) is 19.4. The number of nitriles is 1. The van der Waals surface area contributed by atoms with E-state index in [9.17, 15) is 0 Å². The summed E-state index contributed by atoms with van der Waals surface area (Å²) in [6.45, 7) is 16.9. The minimum atomic E-state index is -0.152. The summed E-state index contributed by atoms with van der Waals surface area (Å²) in [4.78, 5) is 2.62. The van der Waals surface area contributed by atoms with Crippen molar-refractivity contribution in [1.29, 1.82) is 5.26 Å². The Balaban J connectivity index is 3.99. The summed E-state index contributed by atoms with van der Waals surface area (Å²) in [5.41, 5.74) is -0.152. The van der Waals surface area contributed by atoms with Gasteiger partial charge in [-0.3, -0.25) is 0 Å². The predicted molar refractivity (Wildman–Crippen MR) is 88.6 cm³/mol. The fourth-order valence-electron chi connectivity index (χ4n) is 2.18. The van der Waals surface area contributed by atoms with E-state index in [2.05, 4.69) is 38.7 Å². The van der Waals surface area contributed by atoms with Gasteiger partial charge in [-0.2, -0.15) is 5.26 Å². The fourth-order valence-corrected chi connectivity index (χ4v) is 2.18. The fraction of sp³-hybridized carbons (Fsp3) is 0.944. The largest absolute Gasteiger partial charge is 0.303 e. The van der Waals surface area contributed by atoms with E-state index < -0.39 is 0 Å². The van der Waals surface area contributed by atoms with Gasteiger partial charge in [0, 0.05) is 0 Å². The molecule has 0 aliphatic rings. The molecule has 0 saturated carbocycles. The molecule has 0 unspecified atom stereocenters. The van der Waals surface area contributed by atoms with Gasteiger partial charge in [0.25, 0.3) is 0 Å². The first-order valence-corrected chi connectivity index (χ1v) is 8.40. The van der Waals surface area contributed by atoms with Crippen molar-refractivity contribution in [1.82, 2.24) is 4.90 Å². The van der Waals surface area contributed by atoms with Crippen molar-refractivity contribution < 1.29 is 0 Å². The molecule has 2 heteroatoms. The third kappa shape index (κ3) is 11.3. The highest BCUT2D eigenvalue weighted by atomic mass is 15.1. The number of nitrogens with zero attached hydrogens (tertiary/aromatic N) is 2. The van der Waals surface area contributed by atoms with E-state index in [0.717, 1.165) is 18.3 Å². The van der Waals surface area contributed by atoms with Gasteiger partial charge >= 0.3 is 0 Å². The van der Waals surface area contributed by atoms with Crippen LogP contribution in [0.3, 0.4) is 0 Å². The number of rotatable bonds is 11. The Labute approximate surface area is 127 Å². The average molecular weight is 280 g/mol. The first-order valence-electron chi connectivity index (χ1n) is 8.40. The van der Waals surface area contributed by atoms with Crippen LogP contribution in [-0.4, -0.2) is 24.5 Å². The van der Waals surface area contributed by atoms with E-state index in [1.807, 2.05) is 13.8 Å². The molecule has 0 saturated heterocycles. The Morgan fingerprint density at radius 2 is 1.40 bits per heavy atom. The lowest BCUT2D eigenvalue weighted by Gasteiger charge is -2.24. The van der Waals surface area contributed by atoms with Crippen LogP contribution in [0, 0.1) is 28.6 Å². The van der Waals surface area contributed by atoms with E-state index in [-0.39, 0.29) is 5.41 Å². The molecule has 0 N–H and O–H groups in total. The third-order valence-electron chi connectivity index (χ3n) is 3.87. The molecule has 0 fully saturated rings. The highest BCUT2D eigenvalue weighted by Gasteiger charge is 2.16. The van der Waals surface area contributed by atoms with Gasteiger partial charge in [0.2, 0.25) is 0 Å². The van der Waals surface area contributed by atoms with Crippen LogP contribution >= 0.6 is 0 Å². The van der Waals surface area contributed by atoms with Gasteiger partial charge in [-0.1, -0.05) is 34.1 Å². The van der Waals surface area contributed by atoms with E-state index >= 15 is 0 Å². The molecule has 0 heterocycles. The topological polar surface area (TPSA) is 27.0 Å². The van der Waals surface area contributed by atoms with E-state index in [4.69, 9.17) is 5.26 Å². The first-order chi connectivity index (χ1) is 9.26. The lowest BCUT2D eigenvalue weighted by molar-refractivity contribution is 0.235. The second-order valence-corrected chi connectivity index (χ2v) is 7.66. The molecule has 0 aromatic rings. The van der Waals surface area contributed by atoms with Gasteiger partial charge in [0.1, 0.15) is 0 Å². The van der Waals surface area contributed by atoms with Crippen LogP contribution in [-0.2, 0) is 0 Å². The van der Waals surface area contributed by atoms with Gasteiger partial charge in [-0.05, 0) is 71.0 Å². The summed E-state index contributed by atoms with van der Waals surface area (Å²) in [5.74, 6) is 1.57. The second kappa shape index (κ2) is 10.2. The second-order valence-electron chi connectivity index (χ2n) is 7.66. The molecule has 0 spiro atoms. The lowest BCUT2D eigenvalue weighted by atomic mass is 9.89. The summed E-state index contributed by atoms with van der Waals surface area (Å²) >= 11 is 0. The maximum Gasteiger partial charge on any atom is 0.0683 e. The molecule has 0 atom stereocenters. The lowest BCUT2D eigenvalue weighted by Crippen LogP contribution is -2.29. The Kier molecular flexibility index (Phi) is 9.94. The Morgan fingerprint density at radius 1 is 0.900 bits per heavy atom. The highest BCUT2D eigenvalue weighted by Crippen LogP contribution is 2.21. The molecule has 0 bridgehead atoms. The van der Waals surface area contributed by atoms with Crippen molar-refractivity contribution in [2.45, 2.75) is 73.6 Å². The molecule has 2 nitrogen and oxygen atoms in total. The van der Waals surface area contributed by atoms with Crippen LogP contribution in [0.2, 0.25) is 0 Å². The van der Waals surface area contributed by atoms with Crippen molar-refractivity contribution in [2.24, 2.45) is 17.3 Å². The number of hydrogen-bond acceptors (Lipinski definition) is 2. The zero-order valence-corrected chi connectivity index (χ0v) is 14.7. The zero-order chi connectivity index (χ0) is 15.6. The van der Waals surface area contributed by atoms with Crippen LogP contribution in [0.15, 0.2) is 0 Å². The quantitative estimate of drug-likeness (QED) is 0.492. The monoisotopic (exact) mass is 280 g/mol. The van der Waals surface area contributed by atoms with E-state index in [1.54, 1.807) is 0 Å². The molecular weight excluding hydrogens is 244 g/mol. The van der Waals surface area contributed by atoms with Crippen LogP contribution < -0.4 is 0 Å². The van der Waals surface area contributed by atoms with Crippen molar-refractivity contribution in [3.05, 3.63) is 0 Å². The molecule has 20 heavy (non-hydrogen) atoms. The van der Waals surface area contributed by atoms with Gasteiger partial charge in [0.15, 0.2) is 0 Å². The Morgan fingerprint density at radius 3 is 1.80 bits per heavy atom. The van der Waals surface area contributed by atoms with Crippen LogP contribution in [0.1, 0.15) is 73.6 Å². The van der Waals surface area contributed by atoms with Crippen LogP contribution in [0.25, 0.3) is 0 Å². The van der Waals surface area contributed by atoms with Gasteiger partial charge < -0.3 is 4.90 Å². The van der Waals surface area contributed by atoms with E-state index in [0.29, 0.717) is 0 Å². The molecule has 0 aliphatic heterocycles.